The molecule has 2 aromatic carbocycles. The Balaban J connectivity index is 1.52. The van der Waals surface area contributed by atoms with Gasteiger partial charge in [-0.3, -0.25) is 9.59 Å². The van der Waals surface area contributed by atoms with Gasteiger partial charge < -0.3 is 14.8 Å². The smallest absolute Gasteiger partial charge is 0.313 e. The fourth-order valence-electron chi connectivity index (χ4n) is 2.65. The Hall–Kier alpha value is -2.75. The molecule has 1 aliphatic rings. The third kappa shape index (κ3) is 4.70. The van der Waals surface area contributed by atoms with Crippen molar-refractivity contribution in [1.29, 1.82) is 5.26 Å². The number of benzene rings is 2. The lowest BCUT2D eigenvalue weighted by atomic mass is 9.97. The molecule has 6 nitrogen and oxygen atoms in total. The summed E-state index contributed by atoms with van der Waals surface area (Å²) in [6.07, 6.45) is 0.432. The Morgan fingerprint density at radius 1 is 1.26 bits per heavy atom. The molecule has 0 radical (unpaired) electrons. The molecule has 138 valence electrons. The molecule has 0 aliphatic carbocycles. The molecule has 27 heavy (non-hydrogen) atoms. The number of carbonyl (C=O) groups excluding carboxylic acids is 2. The Bertz CT molecular complexity index is 940. The van der Waals surface area contributed by atoms with Crippen molar-refractivity contribution in [3.63, 3.8) is 0 Å². The van der Waals surface area contributed by atoms with Crippen molar-refractivity contribution in [1.82, 2.24) is 0 Å². The largest absolute Gasteiger partial charge is 0.492 e. The molecule has 1 atom stereocenters. The molecule has 8 heteroatoms. The van der Waals surface area contributed by atoms with E-state index in [1.54, 1.807) is 24.3 Å². The fraction of sp³-hybridized carbons (Fsp3) is 0.211. The molecular weight excluding hydrogens is 391 g/mol. The lowest BCUT2D eigenvalue weighted by Crippen LogP contribution is -2.32. The number of halogens is 2. The molecule has 1 amide bonds. The van der Waals surface area contributed by atoms with Crippen LogP contribution in [-0.4, -0.2) is 25.1 Å². The third-order valence-corrected chi connectivity index (χ3v) is 4.53. The van der Waals surface area contributed by atoms with Gasteiger partial charge in [0.05, 0.1) is 16.5 Å². The van der Waals surface area contributed by atoms with Crippen LogP contribution in [0.2, 0.25) is 10.0 Å². The van der Waals surface area contributed by atoms with Gasteiger partial charge in [-0.05, 0) is 48.4 Å². The average Bonchev–Trinajstić information content (AvgIpc) is 2.65. The normalized spacial score (nSPS) is 15.1. The van der Waals surface area contributed by atoms with Crippen molar-refractivity contribution < 1.29 is 19.1 Å². The number of fused-ring (bicyclic) bond motifs is 1. The summed E-state index contributed by atoms with van der Waals surface area (Å²) in [5, 5.41) is 12.2. The molecule has 0 saturated carbocycles. The van der Waals surface area contributed by atoms with Crippen LogP contribution >= 0.6 is 23.2 Å². The zero-order chi connectivity index (χ0) is 19.4. The first-order chi connectivity index (χ1) is 13.0. The first kappa shape index (κ1) is 19.0. The van der Waals surface area contributed by atoms with Gasteiger partial charge in [-0.25, -0.2) is 0 Å². The van der Waals surface area contributed by atoms with Crippen LogP contribution in [0.25, 0.3) is 0 Å². The topological polar surface area (TPSA) is 88.4 Å². The zero-order valence-corrected chi connectivity index (χ0v) is 15.5. The SMILES string of the molecule is N#Cc1ccc(NC(=O)COC(=O)[C@@H]2COc3ccc(Cl)cc3C2)cc1Cl. The van der Waals surface area contributed by atoms with E-state index in [2.05, 4.69) is 5.32 Å². The van der Waals surface area contributed by atoms with E-state index < -0.39 is 24.4 Å². The van der Waals surface area contributed by atoms with Gasteiger partial charge in [0.1, 0.15) is 18.4 Å². The van der Waals surface area contributed by atoms with Crippen LogP contribution in [-0.2, 0) is 20.7 Å². The molecule has 0 saturated heterocycles. The summed E-state index contributed by atoms with van der Waals surface area (Å²) in [6, 6.07) is 11.6. The minimum absolute atomic E-state index is 0.181. The summed E-state index contributed by atoms with van der Waals surface area (Å²) in [4.78, 5) is 24.2. The van der Waals surface area contributed by atoms with Gasteiger partial charge in [-0.2, -0.15) is 5.26 Å². The molecule has 1 aliphatic heterocycles. The second-order valence-electron chi connectivity index (χ2n) is 5.93. The number of amides is 1. The standard InChI is InChI=1S/C19H14Cl2N2O4/c20-14-2-4-17-12(6-14)5-13(9-26-17)19(25)27-10-18(24)23-15-3-1-11(8-22)16(21)7-15/h1-4,6-7,13H,5,9-10H2,(H,23,24)/t13-/m0/s1. The highest BCUT2D eigenvalue weighted by Gasteiger charge is 2.28. The predicted molar refractivity (Wildman–Crippen MR) is 99.9 cm³/mol. The summed E-state index contributed by atoms with van der Waals surface area (Å²) in [6.45, 7) is -0.254. The Labute approximate surface area is 165 Å². The van der Waals surface area contributed by atoms with Crippen molar-refractivity contribution in [2.45, 2.75) is 6.42 Å². The lowest BCUT2D eigenvalue weighted by molar-refractivity contribution is -0.152. The predicted octanol–water partition coefficient (Wildman–Crippen LogP) is 3.60. The molecule has 0 fully saturated rings. The number of hydrogen-bond donors (Lipinski definition) is 1. The van der Waals surface area contributed by atoms with Gasteiger partial charge in [0.2, 0.25) is 0 Å². The minimum Gasteiger partial charge on any atom is -0.492 e. The summed E-state index contributed by atoms with van der Waals surface area (Å²) < 4.78 is 10.6. The number of nitrogens with one attached hydrogen (secondary N) is 1. The molecule has 2 aromatic rings. The number of esters is 1. The fourth-order valence-corrected chi connectivity index (χ4v) is 3.07. The molecule has 0 spiro atoms. The van der Waals surface area contributed by atoms with Gasteiger partial charge in [-0.15, -0.1) is 0 Å². The van der Waals surface area contributed by atoms with Crippen LogP contribution in [0, 0.1) is 17.2 Å². The van der Waals surface area contributed by atoms with Crippen molar-refractivity contribution in [3.05, 3.63) is 57.6 Å². The number of nitrogens with zero attached hydrogens (tertiary/aromatic N) is 1. The highest BCUT2D eigenvalue weighted by atomic mass is 35.5. The lowest BCUT2D eigenvalue weighted by Gasteiger charge is -2.24. The van der Waals surface area contributed by atoms with Crippen LogP contribution in [0.3, 0.4) is 0 Å². The Kier molecular flexibility index (Phi) is 5.84. The van der Waals surface area contributed by atoms with Gasteiger partial charge in [0.15, 0.2) is 6.61 Å². The van der Waals surface area contributed by atoms with Crippen molar-refractivity contribution in [3.8, 4) is 11.8 Å². The molecule has 0 aromatic heterocycles. The van der Waals surface area contributed by atoms with Gasteiger partial charge >= 0.3 is 5.97 Å². The summed E-state index contributed by atoms with van der Waals surface area (Å²) >= 11 is 11.9. The summed E-state index contributed by atoms with van der Waals surface area (Å²) in [7, 11) is 0. The first-order valence-electron chi connectivity index (χ1n) is 8.03. The van der Waals surface area contributed by atoms with Crippen LogP contribution in [0.4, 0.5) is 5.69 Å². The van der Waals surface area contributed by atoms with E-state index >= 15 is 0 Å². The van der Waals surface area contributed by atoms with E-state index in [9.17, 15) is 9.59 Å². The highest BCUT2D eigenvalue weighted by molar-refractivity contribution is 6.32. The maximum atomic E-state index is 12.2. The minimum atomic E-state index is -0.520. The van der Waals surface area contributed by atoms with Crippen LogP contribution in [0.15, 0.2) is 36.4 Å². The quantitative estimate of drug-likeness (QED) is 0.786. The highest BCUT2D eigenvalue weighted by Crippen LogP contribution is 2.30. The van der Waals surface area contributed by atoms with Gasteiger partial charge in [0.25, 0.3) is 5.91 Å². The number of nitriles is 1. The number of ether oxygens (including phenoxy) is 2. The van der Waals surface area contributed by atoms with E-state index in [1.165, 1.54) is 12.1 Å². The number of hydrogen-bond acceptors (Lipinski definition) is 5. The molecule has 1 N–H and O–H groups in total. The van der Waals surface area contributed by atoms with Crippen LogP contribution < -0.4 is 10.1 Å². The van der Waals surface area contributed by atoms with Gasteiger partial charge in [-0.1, -0.05) is 23.2 Å². The van der Waals surface area contributed by atoms with Crippen molar-refractivity contribution >= 4 is 40.8 Å². The maximum absolute atomic E-state index is 12.2. The second-order valence-corrected chi connectivity index (χ2v) is 6.77. The maximum Gasteiger partial charge on any atom is 0.313 e. The van der Waals surface area contributed by atoms with Crippen LogP contribution in [0.5, 0.6) is 5.75 Å². The zero-order valence-electron chi connectivity index (χ0n) is 14.0. The van der Waals surface area contributed by atoms with E-state index in [4.69, 9.17) is 37.9 Å². The third-order valence-electron chi connectivity index (χ3n) is 3.98. The van der Waals surface area contributed by atoms with E-state index in [0.717, 1.165) is 5.56 Å². The molecule has 0 bridgehead atoms. The Morgan fingerprint density at radius 3 is 2.81 bits per heavy atom. The first-order valence-corrected chi connectivity index (χ1v) is 8.79. The average molecular weight is 405 g/mol. The molecule has 3 rings (SSSR count). The number of rotatable bonds is 4. The number of carbonyl (C=O) groups is 2. The molecule has 0 unspecified atom stereocenters. The van der Waals surface area contributed by atoms with E-state index in [-0.39, 0.29) is 11.6 Å². The summed E-state index contributed by atoms with van der Waals surface area (Å²) in [5.41, 5.74) is 1.54. The summed E-state index contributed by atoms with van der Waals surface area (Å²) in [5.74, 6) is -0.843. The van der Waals surface area contributed by atoms with Crippen LogP contribution in [0.1, 0.15) is 11.1 Å². The van der Waals surface area contributed by atoms with Gasteiger partial charge in [0, 0.05) is 10.7 Å². The van der Waals surface area contributed by atoms with Crippen molar-refractivity contribution in [2.24, 2.45) is 5.92 Å². The molecular formula is C19H14Cl2N2O4. The van der Waals surface area contributed by atoms with E-state index in [1.807, 2.05) is 6.07 Å². The Morgan fingerprint density at radius 2 is 2.07 bits per heavy atom. The monoisotopic (exact) mass is 404 g/mol. The second kappa shape index (κ2) is 8.30. The van der Waals surface area contributed by atoms with E-state index in [0.29, 0.717) is 28.4 Å². The van der Waals surface area contributed by atoms with Crippen molar-refractivity contribution in [2.75, 3.05) is 18.5 Å². The molecule has 1 heterocycles. The number of anilines is 1.